The molecule has 0 heterocycles. The largest absolute Gasteiger partial charge is 0.402 e. The van der Waals surface area contributed by atoms with Gasteiger partial charge in [0.05, 0.1) is 5.75 Å². The maximum atomic E-state index is 12.3. The molecular formula is C9H17ClF3NO2S. The van der Waals surface area contributed by atoms with Crippen LogP contribution in [0, 0.1) is 5.92 Å². The van der Waals surface area contributed by atoms with E-state index >= 15 is 0 Å². The van der Waals surface area contributed by atoms with Crippen molar-refractivity contribution < 1.29 is 21.6 Å². The molecule has 0 rings (SSSR count). The van der Waals surface area contributed by atoms with Gasteiger partial charge in [-0.3, -0.25) is 0 Å². The summed E-state index contributed by atoms with van der Waals surface area (Å²) in [6.07, 6.45) is -4.54. The van der Waals surface area contributed by atoms with Crippen LogP contribution in [0.5, 0.6) is 0 Å². The fourth-order valence-corrected chi connectivity index (χ4v) is 3.53. The molecule has 0 bridgehead atoms. The van der Waals surface area contributed by atoms with Crippen LogP contribution in [-0.2, 0) is 10.0 Å². The maximum Gasteiger partial charge on any atom is 0.402 e. The molecule has 0 aliphatic rings. The number of nitrogens with zero attached hydrogens (tertiary/aromatic N) is 1. The number of hydrogen-bond donors (Lipinski definition) is 0. The average molecular weight is 296 g/mol. The van der Waals surface area contributed by atoms with Crippen molar-refractivity contribution in [3.63, 3.8) is 0 Å². The highest BCUT2D eigenvalue weighted by Gasteiger charge is 2.37. The van der Waals surface area contributed by atoms with E-state index in [-0.39, 0.29) is 17.6 Å². The Kier molecular flexibility index (Phi) is 6.24. The van der Waals surface area contributed by atoms with E-state index in [9.17, 15) is 21.6 Å². The van der Waals surface area contributed by atoms with Crippen molar-refractivity contribution in [2.75, 3.05) is 18.2 Å². The Morgan fingerprint density at radius 1 is 1.24 bits per heavy atom. The van der Waals surface area contributed by atoms with Gasteiger partial charge in [0.25, 0.3) is 0 Å². The molecule has 0 aromatic heterocycles. The zero-order valence-corrected chi connectivity index (χ0v) is 11.5. The summed E-state index contributed by atoms with van der Waals surface area (Å²) in [6.45, 7) is 2.95. The van der Waals surface area contributed by atoms with Crippen LogP contribution in [0.4, 0.5) is 13.2 Å². The van der Waals surface area contributed by atoms with Crippen LogP contribution in [0.1, 0.15) is 20.8 Å². The van der Waals surface area contributed by atoms with Crippen LogP contribution in [0.25, 0.3) is 0 Å². The number of rotatable bonds is 6. The Labute approximate surface area is 105 Å². The maximum absolute atomic E-state index is 12.3. The summed E-state index contributed by atoms with van der Waals surface area (Å²) in [4.78, 5) is 0. The topological polar surface area (TPSA) is 37.4 Å². The minimum absolute atomic E-state index is 0.0944. The van der Waals surface area contributed by atoms with E-state index in [1.165, 1.54) is 13.8 Å². The molecule has 3 nitrogen and oxygen atoms in total. The third-order valence-electron chi connectivity index (χ3n) is 2.03. The Morgan fingerprint density at radius 2 is 1.71 bits per heavy atom. The second-order valence-electron chi connectivity index (χ2n) is 4.29. The highest BCUT2D eigenvalue weighted by molar-refractivity contribution is 7.89. The van der Waals surface area contributed by atoms with Gasteiger partial charge in [-0.2, -0.15) is 17.5 Å². The molecule has 0 saturated heterocycles. The number of halogens is 4. The molecule has 1 atom stereocenters. The molecule has 0 aliphatic heterocycles. The lowest BCUT2D eigenvalue weighted by atomic mass is 10.3. The second kappa shape index (κ2) is 6.24. The number of hydrogen-bond acceptors (Lipinski definition) is 2. The van der Waals surface area contributed by atoms with E-state index in [2.05, 4.69) is 0 Å². The van der Waals surface area contributed by atoms with Crippen LogP contribution >= 0.6 is 11.6 Å². The summed E-state index contributed by atoms with van der Waals surface area (Å²) in [5, 5.41) is 0. The van der Waals surface area contributed by atoms with Gasteiger partial charge in [0.1, 0.15) is 6.54 Å². The van der Waals surface area contributed by atoms with Gasteiger partial charge in [-0.15, -0.1) is 11.6 Å². The van der Waals surface area contributed by atoms with Crippen LogP contribution in [-0.4, -0.2) is 43.1 Å². The summed E-state index contributed by atoms with van der Waals surface area (Å²) in [6, 6.07) is -0.732. The minimum Gasteiger partial charge on any atom is -0.212 e. The standard InChI is InChI=1S/C9H17ClF3NO2S/c1-7(2)14(6-9(11,12)13)17(15,16)5-8(3)4-10/h7-8H,4-6H2,1-3H3. The van der Waals surface area contributed by atoms with Gasteiger partial charge >= 0.3 is 6.18 Å². The Bertz CT molecular complexity index is 330. The molecule has 1 unspecified atom stereocenters. The molecule has 0 N–H and O–H groups in total. The second-order valence-corrected chi connectivity index (χ2v) is 6.57. The van der Waals surface area contributed by atoms with Crippen LogP contribution in [0.2, 0.25) is 0 Å². The lowest BCUT2D eigenvalue weighted by molar-refractivity contribution is -0.138. The van der Waals surface area contributed by atoms with Crippen molar-refractivity contribution in [3.05, 3.63) is 0 Å². The highest BCUT2D eigenvalue weighted by atomic mass is 35.5. The van der Waals surface area contributed by atoms with E-state index in [1.54, 1.807) is 6.92 Å². The summed E-state index contributed by atoms with van der Waals surface area (Å²) in [5.41, 5.74) is 0. The summed E-state index contributed by atoms with van der Waals surface area (Å²) >= 11 is 5.47. The van der Waals surface area contributed by atoms with Crippen LogP contribution in [0.15, 0.2) is 0 Å². The zero-order chi connectivity index (χ0) is 13.9. The average Bonchev–Trinajstić information content (AvgIpc) is 2.11. The van der Waals surface area contributed by atoms with Gasteiger partial charge in [0.2, 0.25) is 10.0 Å². The van der Waals surface area contributed by atoms with E-state index in [1.807, 2.05) is 0 Å². The van der Waals surface area contributed by atoms with Crippen LogP contribution < -0.4 is 0 Å². The van der Waals surface area contributed by atoms with E-state index in [0.29, 0.717) is 4.31 Å². The molecule has 104 valence electrons. The minimum atomic E-state index is -4.54. The molecule has 0 amide bonds. The molecule has 0 aromatic carbocycles. The third-order valence-corrected chi connectivity index (χ3v) is 4.81. The Morgan fingerprint density at radius 3 is 2.00 bits per heavy atom. The zero-order valence-electron chi connectivity index (χ0n) is 9.96. The van der Waals surface area contributed by atoms with Gasteiger partial charge in [0.15, 0.2) is 0 Å². The van der Waals surface area contributed by atoms with Crippen molar-refractivity contribution in [2.45, 2.75) is 33.0 Å². The first kappa shape index (κ1) is 17.0. The first-order valence-corrected chi connectivity index (χ1v) is 7.26. The smallest absolute Gasteiger partial charge is 0.212 e. The molecule has 17 heavy (non-hydrogen) atoms. The number of sulfonamides is 1. The molecule has 0 spiro atoms. The van der Waals surface area contributed by atoms with E-state index in [0.717, 1.165) is 0 Å². The van der Waals surface area contributed by atoms with Crippen molar-refractivity contribution in [3.8, 4) is 0 Å². The van der Waals surface area contributed by atoms with Crippen molar-refractivity contribution >= 4 is 21.6 Å². The fraction of sp³-hybridized carbons (Fsp3) is 1.00. The van der Waals surface area contributed by atoms with Gasteiger partial charge in [-0.25, -0.2) is 8.42 Å². The first-order valence-electron chi connectivity index (χ1n) is 5.12. The third kappa shape index (κ3) is 6.47. The fourth-order valence-electron chi connectivity index (χ4n) is 1.28. The van der Waals surface area contributed by atoms with Crippen molar-refractivity contribution in [1.82, 2.24) is 4.31 Å². The predicted molar refractivity (Wildman–Crippen MR) is 61.6 cm³/mol. The monoisotopic (exact) mass is 295 g/mol. The van der Waals surface area contributed by atoms with Crippen molar-refractivity contribution in [2.24, 2.45) is 5.92 Å². The van der Waals surface area contributed by atoms with E-state index < -0.39 is 28.8 Å². The summed E-state index contributed by atoms with van der Waals surface area (Å²) < 4.78 is 60.9. The molecule has 8 heteroatoms. The molecule has 0 fully saturated rings. The molecule has 0 aliphatic carbocycles. The molecule has 0 aromatic rings. The molecular weight excluding hydrogens is 279 g/mol. The Hall–Kier alpha value is -0.0100. The Balaban J connectivity index is 4.93. The molecule has 0 radical (unpaired) electrons. The van der Waals surface area contributed by atoms with Gasteiger partial charge < -0.3 is 0 Å². The SMILES string of the molecule is CC(CCl)CS(=O)(=O)N(CC(F)(F)F)C(C)C. The quantitative estimate of drug-likeness (QED) is 0.706. The van der Waals surface area contributed by atoms with Crippen LogP contribution in [0.3, 0.4) is 0 Å². The molecule has 0 saturated carbocycles. The number of alkyl halides is 4. The first-order chi connectivity index (χ1) is 7.49. The van der Waals surface area contributed by atoms with Gasteiger partial charge in [-0.1, -0.05) is 6.92 Å². The predicted octanol–water partition coefficient (Wildman–Crippen LogP) is 2.46. The lowest BCUT2D eigenvalue weighted by Gasteiger charge is -2.27. The lowest BCUT2D eigenvalue weighted by Crippen LogP contribution is -2.45. The van der Waals surface area contributed by atoms with Gasteiger partial charge in [-0.05, 0) is 19.8 Å². The summed E-state index contributed by atoms with van der Waals surface area (Å²) in [5.74, 6) is -0.654. The van der Waals surface area contributed by atoms with Gasteiger partial charge in [0, 0.05) is 11.9 Å². The highest BCUT2D eigenvalue weighted by Crippen LogP contribution is 2.21. The summed E-state index contributed by atoms with van der Waals surface area (Å²) in [7, 11) is -3.94. The van der Waals surface area contributed by atoms with Crippen molar-refractivity contribution in [1.29, 1.82) is 0 Å². The normalized spacial score (nSPS) is 15.6. The van der Waals surface area contributed by atoms with E-state index in [4.69, 9.17) is 11.6 Å².